The van der Waals surface area contributed by atoms with Gasteiger partial charge in [-0.2, -0.15) is 0 Å². The first-order chi connectivity index (χ1) is 7.61. The normalized spacial score (nSPS) is 12.6. The molecule has 0 fully saturated rings. The minimum Gasteiger partial charge on any atom is -0.480 e. The molecule has 1 aromatic heterocycles. The molecule has 4 nitrogen and oxygen atoms in total. The zero-order valence-corrected chi connectivity index (χ0v) is 8.75. The molecule has 1 atom stereocenters. The number of rotatable bonds is 2. The number of hydrogen-bond donors (Lipinski definition) is 1. The summed E-state index contributed by atoms with van der Waals surface area (Å²) < 4.78 is 1.23. The summed E-state index contributed by atoms with van der Waals surface area (Å²) in [7, 11) is 0. The zero-order chi connectivity index (χ0) is 11.7. The number of benzene rings is 1. The van der Waals surface area contributed by atoms with E-state index in [0.29, 0.717) is 5.39 Å². The Morgan fingerprint density at radius 3 is 2.69 bits per heavy atom. The van der Waals surface area contributed by atoms with Crippen LogP contribution in [0.5, 0.6) is 0 Å². The summed E-state index contributed by atoms with van der Waals surface area (Å²) in [4.78, 5) is 22.8. The van der Waals surface area contributed by atoms with Crippen molar-refractivity contribution in [2.24, 2.45) is 0 Å². The van der Waals surface area contributed by atoms with Crippen LogP contribution in [0, 0.1) is 0 Å². The van der Waals surface area contributed by atoms with E-state index in [1.165, 1.54) is 17.7 Å². The molecule has 2 rings (SSSR count). The van der Waals surface area contributed by atoms with Gasteiger partial charge in [-0.05, 0) is 24.4 Å². The number of carboxylic acids is 1. The molecule has 0 amide bonds. The molecule has 0 saturated carbocycles. The lowest BCUT2D eigenvalue weighted by Crippen LogP contribution is -2.27. The number of pyridine rings is 1. The average Bonchev–Trinajstić information content (AvgIpc) is 2.29. The van der Waals surface area contributed by atoms with E-state index in [2.05, 4.69) is 0 Å². The number of nitrogens with zero attached hydrogens (tertiary/aromatic N) is 1. The molecule has 0 aliphatic rings. The molecule has 16 heavy (non-hydrogen) atoms. The van der Waals surface area contributed by atoms with Crippen molar-refractivity contribution in [1.29, 1.82) is 0 Å². The molecule has 82 valence electrons. The molecular formula is C12H11NO3. The van der Waals surface area contributed by atoms with Crippen molar-refractivity contribution in [2.75, 3.05) is 0 Å². The Labute approximate surface area is 91.8 Å². The fraction of sp³-hybridized carbons (Fsp3) is 0.167. The van der Waals surface area contributed by atoms with Crippen LogP contribution < -0.4 is 5.56 Å². The van der Waals surface area contributed by atoms with E-state index in [0.717, 1.165) is 5.39 Å². The highest BCUT2D eigenvalue weighted by molar-refractivity contribution is 5.81. The summed E-state index contributed by atoms with van der Waals surface area (Å²) in [5.74, 6) is -1.02. The summed E-state index contributed by atoms with van der Waals surface area (Å²) in [6.07, 6.45) is 1.52. The van der Waals surface area contributed by atoms with Crippen LogP contribution in [0.4, 0.5) is 0 Å². The number of fused-ring (bicyclic) bond motifs is 1. The minimum atomic E-state index is -1.02. The quantitative estimate of drug-likeness (QED) is 0.832. The smallest absolute Gasteiger partial charge is 0.326 e. The van der Waals surface area contributed by atoms with Crippen LogP contribution in [-0.2, 0) is 4.79 Å². The first-order valence-electron chi connectivity index (χ1n) is 4.94. The monoisotopic (exact) mass is 217 g/mol. The molecule has 1 unspecified atom stereocenters. The Morgan fingerprint density at radius 2 is 2.00 bits per heavy atom. The van der Waals surface area contributed by atoms with Gasteiger partial charge in [-0.25, -0.2) is 4.79 Å². The molecule has 1 N–H and O–H groups in total. The number of hydrogen-bond acceptors (Lipinski definition) is 2. The van der Waals surface area contributed by atoms with Crippen molar-refractivity contribution >= 4 is 16.7 Å². The van der Waals surface area contributed by atoms with Crippen LogP contribution in [0.2, 0.25) is 0 Å². The lowest BCUT2D eigenvalue weighted by atomic mass is 10.1. The summed E-state index contributed by atoms with van der Waals surface area (Å²) in [6, 6.07) is 8.02. The van der Waals surface area contributed by atoms with E-state index in [1.807, 2.05) is 12.1 Å². The van der Waals surface area contributed by atoms with Gasteiger partial charge in [0.2, 0.25) is 0 Å². The molecule has 1 heterocycles. The predicted molar refractivity (Wildman–Crippen MR) is 60.6 cm³/mol. The van der Waals surface area contributed by atoms with Crippen LogP contribution >= 0.6 is 0 Å². The Hall–Kier alpha value is -2.10. The van der Waals surface area contributed by atoms with E-state index in [4.69, 9.17) is 5.11 Å². The van der Waals surface area contributed by atoms with Gasteiger partial charge >= 0.3 is 5.97 Å². The highest BCUT2D eigenvalue weighted by Crippen LogP contribution is 2.10. The summed E-state index contributed by atoms with van der Waals surface area (Å²) in [5.41, 5.74) is -0.270. The van der Waals surface area contributed by atoms with Crippen LogP contribution in [0.25, 0.3) is 10.8 Å². The molecule has 2 aromatic rings. The van der Waals surface area contributed by atoms with Crippen LogP contribution in [0.1, 0.15) is 13.0 Å². The second-order valence-electron chi connectivity index (χ2n) is 3.63. The zero-order valence-electron chi connectivity index (χ0n) is 8.75. The first-order valence-corrected chi connectivity index (χ1v) is 4.94. The second-order valence-corrected chi connectivity index (χ2v) is 3.63. The molecule has 1 aromatic carbocycles. The fourth-order valence-corrected chi connectivity index (χ4v) is 1.63. The van der Waals surface area contributed by atoms with Gasteiger partial charge in [-0.15, -0.1) is 0 Å². The maximum atomic E-state index is 12.0. The van der Waals surface area contributed by atoms with Gasteiger partial charge in [0, 0.05) is 11.6 Å². The third-order valence-electron chi connectivity index (χ3n) is 2.62. The van der Waals surface area contributed by atoms with Gasteiger partial charge in [0.1, 0.15) is 6.04 Å². The molecule has 4 heteroatoms. The van der Waals surface area contributed by atoms with Gasteiger partial charge in [0.15, 0.2) is 0 Å². The maximum Gasteiger partial charge on any atom is 0.326 e. The fourth-order valence-electron chi connectivity index (χ4n) is 1.63. The van der Waals surface area contributed by atoms with Crippen molar-refractivity contribution in [3.8, 4) is 0 Å². The highest BCUT2D eigenvalue weighted by Gasteiger charge is 2.14. The van der Waals surface area contributed by atoms with E-state index in [1.54, 1.807) is 18.2 Å². The predicted octanol–water partition coefficient (Wildman–Crippen LogP) is 1.65. The average molecular weight is 217 g/mol. The maximum absolute atomic E-state index is 12.0. The molecule has 0 aliphatic carbocycles. The van der Waals surface area contributed by atoms with Crippen LogP contribution in [0.15, 0.2) is 41.3 Å². The Balaban J connectivity index is 2.70. The van der Waals surface area contributed by atoms with Crippen molar-refractivity contribution in [2.45, 2.75) is 13.0 Å². The van der Waals surface area contributed by atoms with Crippen molar-refractivity contribution in [1.82, 2.24) is 4.57 Å². The summed E-state index contributed by atoms with van der Waals surface area (Å²) >= 11 is 0. The molecular weight excluding hydrogens is 206 g/mol. The number of aromatic nitrogens is 1. The first kappa shape index (κ1) is 10.4. The van der Waals surface area contributed by atoms with Crippen molar-refractivity contribution < 1.29 is 9.90 Å². The molecule has 0 spiro atoms. The summed E-state index contributed by atoms with van der Waals surface area (Å²) in [5, 5.41) is 10.2. The Bertz CT molecular complexity index is 600. The third kappa shape index (κ3) is 1.58. The van der Waals surface area contributed by atoms with Gasteiger partial charge in [-0.3, -0.25) is 4.79 Å². The van der Waals surface area contributed by atoms with E-state index in [9.17, 15) is 9.59 Å². The topological polar surface area (TPSA) is 59.3 Å². The van der Waals surface area contributed by atoms with Gasteiger partial charge in [0.25, 0.3) is 5.56 Å². The molecule has 0 saturated heterocycles. The second kappa shape index (κ2) is 3.81. The van der Waals surface area contributed by atoms with Crippen molar-refractivity contribution in [3.63, 3.8) is 0 Å². The molecule has 0 radical (unpaired) electrons. The number of carboxylic acid groups (broad SMARTS) is 1. The SMILES string of the molecule is CC(C(=O)O)n1ccc2ccccc2c1=O. The van der Waals surface area contributed by atoms with E-state index in [-0.39, 0.29) is 5.56 Å². The lowest BCUT2D eigenvalue weighted by Gasteiger charge is -2.10. The molecule has 0 bridgehead atoms. The van der Waals surface area contributed by atoms with E-state index >= 15 is 0 Å². The highest BCUT2D eigenvalue weighted by atomic mass is 16.4. The van der Waals surface area contributed by atoms with Gasteiger partial charge < -0.3 is 9.67 Å². The Kier molecular flexibility index (Phi) is 2.48. The minimum absolute atomic E-state index is 0.270. The number of aliphatic carboxylic acids is 1. The number of carbonyl (C=O) groups is 1. The third-order valence-corrected chi connectivity index (χ3v) is 2.62. The van der Waals surface area contributed by atoms with Crippen LogP contribution in [-0.4, -0.2) is 15.6 Å². The Morgan fingerprint density at radius 1 is 1.31 bits per heavy atom. The van der Waals surface area contributed by atoms with Crippen LogP contribution in [0.3, 0.4) is 0 Å². The van der Waals surface area contributed by atoms with Gasteiger partial charge in [0.05, 0.1) is 0 Å². The van der Waals surface area contributed by atoms with E-state index < -0.39 is 12.0 Å². The standard InChI is InChI=1S/C12H11NO3/c1-8(12(15)16)13-7-6-9-4-2-3-5-10(9)11(13)14/h2-8H,1H3,(H,15,16). The lowest BCUT2D eigenvalue weighted by molar-refractivity contribution is -0.140. The van der Waals surface area contributed by atoms with Crippen molar-refractivity contribution in [3.05, 3.63) is 46.9 Å². The molecule has 0 aliphatic heterocycles. The largest absolute Gasteiger partial charge is 0.480 e. The summed E-state index contributed by atoms with van der Waals surface area (Å²) in [6.45, 7) is 1.48. The van der Waals surface area contributed by atoms with Gasteiger partial charge in [-0.1, -0.05) is 18.2 Å².